The molecule has 2 aromatic rings. The number of nitrogens with two attached hydrogens (primary N) is 1. The van der Waals surface area contributed by atoms with E-state index in [1.807, 2.05) is 6.92 Å². The molecular weight excluding hydrogens is 445 g/mol. The van der Waals surface area contributed by atoms with Crippen molar-refractivity contribution in [2.75, 3.05) is 10.5 Å². The van der Waals surface area contributed by atoms with Crippen LogP contribution in [0.5, 0.6) is 0 Å². The first-order valence-corrected chi connectivity index (χ1v) is 9.05. The van der Waals surface area contributed by atoms with Crippen LogP contribution in [-0.2, 0) is 10.0 Å². The second-order valence-electron chi connectivity index (χ2n) is 4.25. The minimum Gasteiger partial charge on any atom is -0.382 e. The molecule has 0 aliphatic carbocycles. The van der Waals surface area contributed by atoms with E-state index in [1.165, 1.54) is 6.07 Å². The molecule has 0 amide bonds. The first kappa shape index (κ1) is 16.5. The number of aromatic nitrogens is 1. The highest BCUT2D eigenvalue weighted by atomic mass is 79.9. The third-order valence-corrected chi connectivity index (χ3v) is 5.45. The van der Waals surface area contributed by atoms with Gasteiger partial charge in [0, 0.05) is 15.1 Å². The Balaban J connectivity index is 2.44. The molecular formula is C12H10Br2ClN3O2S. The van der Waals surface area contributed by atoms with Gasteiger partial charge < -0.3 is 5.73 Å². The van der Waals surface area contributed by atoms with Gasteiger partial charge in [0.2, 0.25) is 0 Å². The maximum absolute atomic E-state index is 12.4. The number of nitrogens with zero attached hydrogens (tertiary/aromatic N) is 1. The predicted octanol–water partition coefficient (Wildman–Crippen LogP) is 3.95. The lowest BCUT2D eigenvalue weighted by atomic mass is 10.2. The minimum absolute atomic E-state index is 0.0684. The predicted molar refractivity (Wildman–Crippen MR) is 91.0 cm³/mol. The van der Waals surface area contributed by atoms with Crippen molar-refractivity contribution in [3.05, 3.63) is 43.9 Å². The van der Waals surface area contributed by atoms with Crippen LogP contribution in [0.1, 0.15) is 5.56 Å². The van der Waals surface area contributed by atoms with Crippen LogP contribution in [0.25, 0.3) is 0 Å². The van der Waals surface area contributed by atoms with E-state index in [2.05, 4.69) is 41.6 Å². The van der Waals surface area contributed by atoms with Gasteiger partial charge in [-0.3, -0.25) is 4.72 Å². The Labute approximate surface area is 144 Å². The average Bonchev–Trinajstić information content (AvgIpc) is 2.37. The summed E-state index contributed by atoms with van der Waals surface area (Å²) in [7, 11) is -3.82. The Morgan fingerprint density at radius 2 is 1.81 bits per heavy atom. The molecule has 2 rings (SSSR count). The number of aryl methyl sites for hydroxylation is 1. The second kappa shape index (κ2) is 6.12. The van der Waals surface area contributed by atoms with Gasteiger partial charge in [-0.15, -0.1) is 0 Å². The summed E-state index contributed by atoms with van der Waals surface area (Å²) in [5.41, 5.74) is 6.85. The van der Waals surface area contributed by atoms with Crippen molar-refractivity contribution in [3.63, 3.8) is 0 Å². The quantitative estimate of drug-likeness (QED) is 0.734. The highest BCUT2D eigenvalue weighted by Crippen LogP contribution is 2.34. The van der Waals surface area contributed by atoms with Gasteiger partial charge in [-0.25, -0.2) is 13.4 Å². The number of halogens is 3. The van der Waals surface area contributed by atoms with E-state index in [9.17, 15) is 8.42 Å². The molecule has 5 nitrogen and oxygen atoms in total. The van der Waals surface area contributed by atoms with Gasteiger partial charge in [0.25, 0.3) is 10.0 Å². The zero-order valence-electron chi connectivity index (χ0n) is 10.7. The summed E-state index contributed by atoms with van der Waals surface area (Å²) in [6.07, 6.45) is 1.15. The topological polar surface area (TPSA) is 85.1 Å². The summed E-state index contributed by atoms with van der Waals surface area (Å²) in [5.74, 6) is 0.0771. The molecule has 9 heteroatoms. The number of hydrogen-bond donors (Lipinski definition) is 2. The van der Waals surface area contributed by atoms with E-state index in [4.69, 9.17) is 17.3 Å². The molecule has 0 atom stereocenters. The third kappa shape index (κ3) is 3.68. The molecule has 3 N–H and O–H groups in total. The molecule has 21 heavy (non-hydrogen) atoms. The SMILES string of the molecule is Cc1cc(Br)c(NS(=O)(=O)c2cnc(N)c(Cl)c2)c(Br)c1. The van der Waals surface area contributed by atoms with Crippen LogP contribution in [-0.4, -0.2) is 13.4 Å². The van der Waals surface area contributed by atoms with Crippen LogP contribution in [0.4, 0.5) is 11.5 Å². The molecule has 0 saturated heterocycles. The Bertz CT molecular complexity index is 789. The van der Waals surface area contributed by atoms with Crippen LogP contribution in [0.15, 0.2) is 38.2 Å². The Hall–Kier alpha value is -0.830. The smallest absolute Gasteiger partial charge is 0.263 e. The maximum atomic E-state index is 12.4. The van der Waals surface area contributed by atoms with Crippen LogP contribution >= 0.6 is 43.5 Å². The van der Waals surface area contributed by atoms with E-state index in [-0.39, 0.29) is 15.7 Å². The van der Waals surface area contributed by atoms with E-state index < -0.39 is 10.0 Å². The summed E-state index contributed by atoms with van der Waals surface area (Å²) >= 11 is 12.5. The number of benzene rings is 1. The summed E-state index contributed by atoms with van der Waals surface area (Å²) in [6.45, 7) is 1.90. The normalized spacial score (nSPS) is 11.4. The number of sulfonamides is 1. The molecule has 0 radical (unpaired) electrons. The Morgan fingerprint density at radius 3 is 2.33 bits per heavy atom. The zero-order valence-corrected chi connectivity index (χ0v) is 15.4. The van der Waals surface area contributed by atoms with Gasteiger partial charge in [0.15, 0.2) is 0 Å². The van der Waals surface area contributed by atoms with Gasteiger partial charge in [-0.2, -0.15) is 0 Å². The molecule has 112 valence electrons. The molecule has 1 aromatic carbocycles. The molecule has 0 saturated carbocycles. The number of pyridine rings is 1. The lowest BCUT2D eigenvalue weighted by molar-refractivity contribution is 0.601. The summed E-state index contributed by atoms with van der Waals surface area (Å²) in [5, 5.41) is 0.0833. The lowest BCUT2D eigenvalue weighted by Crippen LogP contribution is -2.14. The lowest BCUT2D eigenvalue weighted by Gasteiger charge is -2.12. The summed E-state index contributed by atoms with van der Waals surface area (Å²) in [6, 6.07) is 4.86. The van der Waals surface area contributed by atoms with Gasteiger partial charge in [0.1, 0.15) is 10.7 Å². The van der Waals surface area contributed by atoms with Crippen molar-refractivity contribution in [2.24, 2.45) is 0 Å². The van der Waals surface area contributed by atoms with E-state index in [0.29, 0.717) is 14.6 Å². The van der Waals surface area contributed by atoms with E-state index >= 15 is 0 Å². The maximum Gasteiger partial charge on any atom is 0.263 e. The molecule has 1 aromatic heterocycles. The molecule has 1 heterocycles. The van der Waals surface area contributed by atoms with Crippen molar-refractivity contribution >= 4 is 65.0 Å². The van der Waals surface area contributed by atoms with Crippen molar-refractivity contribution in [1.29, 1.82) is 0 Å². The highest BCUT2D eigenvalue weighted by molar-refractivity contribution is 9.11. The number of hydrogen-bond acceptors (Lipinski definition) is 4. The van der Waals surface area contributed by atoms with Crippen LogP contribution < -0.4 is 10.5 Å². The molecule has 0 fully saturated rings. The molecule has 0 unspecified atom stereocenters. The highest BCUT2D eigenvalue weighted by Gasteiger charge is 2.19. The largest absolute Gasteiger partial charge is 0.382 e. The fraction of sp³-hybridized carbons (Fsp3) is 0.0833. The van der Waals surface area contributed by atoms with Gasteiger partial charge >= 0.3 is 0 Å². The van der Waals surface area contributed by atoms with Gasteiger partial charge in [-0.05, 0) is 62.5 Å². The van der Waals surface area contributed by atoms with Crippen LogP contribution in [0.3, 0.4) is 0 Å². The van der Waals surface area contributed by atoms with Crippen molar-refractivity contribution < 1.29 is 8.42 Å². The average molecular weight is 456 g/mol. The third-order valence-electron chi connectivity index (χ3n) is 2.58. The zero-order chi connectivity index (χ0) is 15.8. The van der Waals surface area contributed by atoms with Crippen molar-refractivity contribution in [2.45, 2.75) is 11.8 Å². The van der Waals surface area contributed by atoms with Gasteiger partial charge in [-0.1, -0.05) is 11.6 Å². The number of nitrogens with one attached hydrogen (secondary N) is 1. The second-order valence-corrected chi connectivity index (χ2v) is 8.05. The summed E-state index contributed by atoms with van der Waals surface area (Å²) < 4.78 is 28.4. The molecule has 0 bridgehead atoms. The number of nitrogen functional groups attached to an aromatic ring is 1. The monoisotopic (exact) mass is 453 g/mol. The van der Waals surface area contributed by atoms with E-state index in [1.54, 1.807) is 12.1 Å². The standard InChI is InChI=1S/C12H10Br2ClN3O2S/c1-6-2-8(13)11(9(14)3-6)18-21(19,20)7-4-10(15)12(16)17-5-7/h2-5,18H,1H3,(H2,16,17). The van der Waals surface area contributed by atoms with Crippen LogP contribution in [0.2, 0.25) is 5.02 Å². The molecule has 0 spiro atoms. The molecule has 0 aliphatic rings. The Morgan fingerprint density at radius 1 is 1.24 bits per heavy atom. The number of anilines is 2. The first-order valence-electron chi connectivity index (χ1n) is 5.60. The first-order chi connectivity index (χ1) is 9.70. The molecule has 0 aliphatic heterocycles. The Kier molecular flexibility index (Phi) is 4.82. The fourth-order valence-corrected chi connectivity index (χ4v) is 4.75. The number of rotatable bonds is 3. The van der Waals surface area contributed by atoms with Crippen molar-refractivity contribution in [3.8, 4) is 0 Å². The summed E-state index contributed by atoms with van der Waals surface area (Å²) in [4.78, 5) is 3.68. The van der Waals surface area contributed by atoms with Crippen molar-refractivity contribution in [1.82, 2.24) is 4.98 Å². The minimum atomic E-state index is -3.82. The fourth-order valence-electron chi connectivity index (χ4n) is 1.57. The van der Waals surface area contributed by atoms with Crippen LogP contribution in [0, 0.1) is 6.92 Å². The van der Waals surface area contributed by atoms with Gasteiger partial charge in [0.05, 0.1) is 10.7 Å². The van der Waals surface area contributed by atoms with E-state index in [0.717, 1.165) is 11.8 Å².